The van der Waals surface area contributed by atoms with E-state index in [1.54, 1.807) is 20.3 Å². The lowest BCUT2D eigenvalue weighted by molar-refractivity contribution is 0.206. The molecule has 1 aliphatic rings. The molecule has 2 heterocycles. The van der Waals surface area contributed by atoms with Gasteiger partial charge in [-0.05, 0) is 42.5 Å². The Labute approximate surface area is 209 Å². The number of aliphatic imine (C=N–C) groups is 1. The fourth-order valence-corrected chi connectivity index (χ4v) is 4.42. The maximum absolute atomic E-state index is 12.4. The van der Waals surface area contributed by atoms with Crippen molar-refractivity contribution in [3.8, 4) is 17.4 Å². The van der Waals surface area contributed by atoms with Gasteiger partial charge >= 0.3 is 5.69 Å². The summed E-state index contributed by atoms with van der Waals surface area (Å²) in [6, 6.07) is 15.9. The van der Waals surface area contributed by atoms with E-state index in [9.17, 15) is 14.7 Å². The summed E-state index contributed by atoms with van der Waals surface area (Å²) >= 11 is 0. The first kappa shape index (κ1) is 25.2. The van der Waals surface area contributed by atoms with Gasteiger partial charge in [0.1, 0.15) is 5.56 Å². The molecule has 0 amide bonds. The maximum atomic E-state index is 12.4. The quantitative estimate of drug-likeness (QED) is 0.445. The number of aromatic nitrogens is 2. The summed E-state index contributed by atoms with van der Waals surface area (Å²) in [5.41, 5.74) is 0.858. The Bertz CT molecular complexity index is 1310. The van der Waals surface area contributed by atoms with Crippen molar-refractivity contribution in [2.24, 2.45) is 4.99 Å². The number of methoxy groups -OCH3 is 2. The summed E-state index contributed by atoms with van der Waals surface area (Å²) in [4.78, 5) is 34.1. The van der Waals surface area contributed by atoms with Crippen LogP contribution in [0.15, 0.2) is 63.1 Å². The molecule has 0 unspecified atom stereocenters. The average molecular weight is 493 g/mol. The molecule has 4 rings (SSSR count). The van der Waals surface area contributed by atoms with Crippen molar-refractivity contribution in [3.05, 3.63) is 86.1 Å². The SMILES string of the molecule is COc1ccc(CCn2c(O)c(C=NC3CCN(Cc4ccccc4)CC3)c(=O)[nH]c2=O)cc1OC. The van der Waals surface area contributed by atoms with Gasteiger partial charge in [0.15, 0.2) is 11.5 Å². The first-order valence-corrected chi connectivity index (χ1v) is 12.0. The molecule has 0 radical (unpaired) electrons. The highest BCUT2D eigenvalue weighted by Crippen LogP contribution is 2.28. The largest absolute Gasteiger partial charge is 0.494 e. The molecule has 1 aromatic heterocycles. The van der Waals surface area contributed by atoms with Gasteiger partial charge in [0, 0.05) is 32.4 Å². The van der Waals surface area contributed by atoms with Crippen LogP contribution < -0.4 is 20.7 Å². The summed E-state index contributed by atoms with van der Waals surface area (Å²) in [5, 5.41) is 10.7. The molecule has 0 saturated carbocycles. The van der Waals surface area contributed by atoms with E-state index in [0.717, 1.165) is 42.6 Å². The molecule has 0 atom stereocenters. The second kappa shape index (κ2) is 11.7. The predicted molar refractivity (Wildman–Crippen MR) is 139 cm³/mol. The van der Waals surface area contributed by atoms with Gasteiger partial charge in [0.25, 0.3) is 5.56 Å². The van der Waals surface area contributed by atoms with Crippen molar-refractivity contribution in [3.63, 3.8) is 0 Å². The van der Waals surface area contributed by atoms with Gasteiger partial charge in [-0.2, -0.15) is 0 Å². The molecule has 9 nitrogen and oxygen atoms in total. The molecule has 36 heavy (non-hydrogen) atoms. The second-order valence-electron chi connectivity index (χ2n) is 8.86. The predicted octanol–water partition coefficient (Wildman–Crippen LogP) is 2.59. The van der Waals surface area contributed by atoms with Crippen LogP contribution in [0.5, 0.6) is 17.4 Å². The monoisotopic (exact) mass is 492 g/mol. The molecule has 1 fully saturated rings. The zero-order chi connectivity index (χ0) is 25.5. The molecule has 2 aromatic carbocycles. The van der Waals surface area contributed by atoms with E-state index < -0.39 is 11.2 Å². The zero-order valence-corrected chi connectivity index (χ0v) is 20.6. The van der Waals surface area contributed by atoms with Crippen LogP contribution in [0.2, 0.25) is 0 Å². The fourth-order valence-electron chi connectivity index (χ4n) is 4.42. The number of likely N-dealkylation sites (tertiary alicyclic amines) is 1. The molecule has 1 saturated heterocycles. The number of benzene rings is 2. The highest BCUT2D eigenvalue weighted by Gasteiger charge is 2.19. The first-order chi connectivity index (χ1) is 17.5. The number of aromatic amines is 1. The molecular weight excluding hydrogens is 460 g/mol. The van der Waals surface area contributed by atoms with Crippen LogP contribution >= 0.6 is 0 Å². The normalized spacial score (nSPS) is 14.8. The molecule has 190 valence electrons. The van der Waals surface area contributed by atoms with Crippen molar-refractivity contribution in [1.29, 1.82) is 0 Å². The molecule has 0 bridgehead atoms. The van der Waals surface area contributed by atoms with Crippen molar-refractivity contribution in [2.45, 2.75) is 38.4 Å². The van der Waals surface area contributed by atoms with Gasteiger partial charge in [-0.15, -0.1) is 0 Å². The number of nitrogens with one attached hydrogen (secondary N) is 1. The van der Waals surface area contributed by atoms with Gasteiger partial charge in [-0.3, -0.25) is 24.2 Å². The van der Waals surface area contributed by atoms with Crippen molar-refractivity contribution >= 4 is 6.21 Å². The Hall–Kier alpha value is -3.85. The Balaban J connectivity index is 1.41. The third-order valence-electron chi connectivity index (χ3n) is 6.50. The van der Waals surface area contributed by atoms with E-state index in [2.05, 4.69) is 27.0 Å². The molecular formula is C27H32N4O5. The van der Waals surface area contributed by atoms with E-state index in [-0.39, 0.29) is 24.0 Å². The molecule has 2 N–H and O–H groups in total. The highest BCUT2D eigenvalue weighted by atomic mass is 16.5. The van der Waals surface area contributed by atoms with Gasteiger partial charge in [-0.1, -0.05) is 36.4 Å². The summed E-state index contributed by atoms with van der Waals surface area (Å²) in [6.07, 6.45) is 3.57. The molecule has 1 aliphatic heterocycles. The summed E-state index contributed by atoms with van der Waals surface area (Å²) in [7, 11) is 3.12. The van der Waals surface area contributed by atoms with Crippen LogP contribution in [0.25, 0.3) is 0 Å². The van der Waals surface area contributed by atoms with E-state index in [0.29, 0.717) is 17.9 Å². The molecule has 9 heteroatoms. The Morgan fingerprint density at radius 3 is 2.44 bits per heavy atom. The molecule has 0 aliphatic carbocycles. The molecule has 0 spiro atoms. The van der Waals surface area contributed by atoms with Crippen LogP contribution in [-0.2, 0) is 19.5 Å². The fraction of sp³-hybridized carbons (Fsp3) is 0.370. The number of hydrogen-bond donors (Lipinski definition) is 2. The second-order valence-corrected chi connectivity index (χ2v) is 8.86. The number of aryl methyl sites for hydroxylation is 1. The number of hydrogen-bond acceptors (Lipinski definition) is 7. The third kappa shape index (κ3) is 6.04. The van der Waals surface area contributed by atoms with E-state index in [1.165, 1.54) is 11.8 Å². The zero-order valence-electron chi connectivity index (χ0n) is 20.6. The number of rotatable bonds is 9. The van der Waals surface area contributed by atoms with E-state index in [4.69, 9.17) is 9.47 Å². The smallest absolute Gasteiger partial charge is 0.331 e. The topological polar surface area (TPSA) is 109 Å². The van der Waals surface area contributed by atoms with Gasteiger partial charge < -0.3 is 14.6 Å². The van der Waals surface area contributed by atoms with Crippen molar-refractivity contribution in [2.75, 3.05) is 27.3 Å². The van der Waals surface area contributed by atoms with Crippen LogP contribution in [0, 0.1) is 0 Å². The third-order valence-corrected chi connectivity index (χ3v) is 6.50. The Morgan fingerprint density at radius 1 is 1.03 bits per heavy atom. The average Bonchev–Trinajstić information content (AvgIpc) is 2.89. The number of piperidine rings is 1. The number of aromatic hydroxyl groups is 1. The minimum atomic E-state index is -0.663. The van der Waals surface area contributed by atoms with E-state index in [1.807, 2.05) is 30.3 Å². The minimum Gasteiger partial charge on any atom is -0.494 e. The summed E-state index contributed by atoms with van der Waals surface area (Å²) < 4.78 is 11.7. The maximum Gasteiger partial charge on any atom is 0.331 e. The van der Waals surface area contributed by atoms with Crippen LogP contribution in [-0.4, -0.2) is 59.1 Å². The van der Waals surface area contributed by atoms with Crippen LogP contribution in [0.1, 0.15) is 29.5 Å². The summed E-state index contributed by atoms with van der Waals surface area (Å²) in [6.45, 7) is 2.90. The van der Waals surface area contributed by atoms with Crippen molar-refractivity contribution < 1.29 is 14.6 Å². The van der Waals surface area contributed by atoms with Crippen molar-refractivity contribution in [1.82, 2.24) is 14.5 Å². The lowest BCUT2D eigenvalue weighted by atomic mass is 10.0. The van der Waals surface area contributed by atoms with Gasteiger partial charge in [0.2, 0.25) is 5.88 Å². The lowest BCUT2D eigenvalue weighted by Crippen LogP contribution is -2.35. The minimum absolute atomic E-state index is 0.00590. The van der Waals surface area contributed by atoms with E-state index >= 15 is 0 Å². The van der Waals surface area contributed by atoms with Gasteiger partial charge in [-0.25, -0.2) is 4.79 Å². The Kier molecular flexibility index (Phi) is 8.22. The highest BCUT2D eigenvalue weighted by molar-refractivity contribution is 5.82. The lowest BCUT2D eigenvalue weighted by Gasteiger charge is -2.30. The number of H-pyrrole nitrogens is 1. The van der Waals surface area contributed by atoms with Crippen LogP contribution in [0.3, 0.4) is 0 Å². The number of nitrogens with zero attached hydrogens (tertiary/aromatic N) is 3. The Morgan fingerprint density at radius 2 is 1.75 bits per heavy atom. The van der Waals surface area contributed by atoms with Crippen LogP contribution in [0.4, 0.5) is 0 Å². The van der Waals surface area contributed by atoms with Gasteiger partial charge in [0.05, 0.1) is 20.3 Å². The summed E-state index contributed by atoms with van der Waals surface area (Å²) in [5.74, 6) is 0.805. The number of ether oxygens (including phenoxy) is 2. The first-order valence-electron chi connectivity index (χ1n) is 12.0. The standard InChI is InChI=1S/C27H32N4O5/c1-35-23-9-8-19(16-24(23)36-2)10-15-31-26(33)22(25(32)29-27(31)34)17-28-21-11-13-30(14-12-21)18-20-6-4-3-5-7-20/h3-9,16-17,21,33H,10-15,18H2,1-2H3,(H,29,32,34). The molecule has 3 aromatic rings.